The first kappa shape index (κ1) is 39.6. The number of nitrogens with zero attached hydrogens (tertiary/aromatic N) is 1. The van der Waals surface area contributed by atoms with E-state index in [2.05, 4.69) is 10.3 Å². The number of phenols is 2. The summed E-state index contributed by atoms with van der Waals surface area (Å²) in [4.78, 5) is 29.6. The summed E-state index contributed by atoms with van der Waals surface area (Å²) < 4.78 is 22.7. The number of fused-ring (bicyclic) bond motifs is 3. The predicted molar refractivity (Wildman–Crippen MR) is 201 cm³/mol. The third-order valence-electron chi connectivity index (χ3n) is 9.07. The van der Waals surface area contributed by atoms with Gasteiger partial charge in [0.1, 0.15) is 35.6 Å². The van der Waals surface area contributed by atoms with Gasteiger partial charge in [-0.25, -0.2) is 4.79 Å². The van der Waals surface area contributed by atoms with Crippen LogP contribution in [0.15, 0.2) is 89.0 Å². The third kappa shape index (κ3) is 10.2. The lowest BCUT2D eigenvalue weighted by Gasteiger charge is -2.29. The van der Waals surface area contributed by atoms with Crippen LogP contribution in [0.3, 0.4) is 0 Å². The highest BCUT2D eigenvalue weighted by atomic mass is 16.6. The Hall–Kier alpha value is -5.17. The zero-order chi connectivity index (χ0) is 37.9. The van der Waals surface area contributed by atoms with Crippen LogP contribution in [-0.4, -0.2) is 78.8 Å². The van der Waals surface area contributed by atoms with Gasteiger partial charge in [-0.1, -0.05) is 68.5 Å². The molecule has 6 atom stereocenters. The van der Waals surface area contributed by atoms with Crippen LogP contribution in [0.2, 0.25) is 0 Å². The number of amides is 2. The van der Waals surface area contributed by atoms with Crippen LogP contribution in [0.4, 0.5) is 16.2 Å². The van der Waals surface area contributed by atoms with Crippen LogP contribution in [0, 0.1) is 11.8 Å². The number of carbonyl (C=O) groups excluding carboxylic acids is 2. The summed E-state index contributed by atoms with van der Waals surface area (Å²) in [6.45, 7) is 7.14. The Kier molecular flexibility index (Phi) is 14.0. The first-order valence-electron chi connectivity index (χ1n) is 17.1. The van der Waals surface area contributed by atoms with E-state index in [-0.39, 0.29) is 47.4 Å². The van der Waals surface area contributed by atoms with E-state index < -0.39 is 42.3 Å². The summed E-state index contributed by atoms with van der Waals surface area (Å²) >= 11 is 0. The van der Waals surface area contributed by atoms with Gasteiger partial charge < -0.3 is 45.3 Å². The van der Waals surface area contributed by atoms with Crippen molar-refractivity contribution in [3.8, 4) is 17.2 Å². The molecule has 12 heteroatoms. The fraction of sp³-hybridized carbons (Fsp3) is 0.375. The van der Waals surface area contributed by atoms with Gasteiger partial charge in [-0.15, -0.1) is 0 Å². The molecule has 1 aliphatic rings. The largest absolute Gasteiger partial charge is 0.506 e. The molecule has 0 saturated heterocycles. The summed E-state index contributed by atoms with van der Waals surface area (Å²) in [7, 11) is 2.95. The van der Waals surface area contributed by atoms with Crippen molar-refractivity contribution in [1.29, 1.82) is 0 Å². The Bertz CT molecular complexity index is 1850. The number of primary amides is 1. The van der Waals surface area contributed by atoms with E-state index in [0.717, 1.165) is 10.8 Å². The highest BCUT2D eigenvalue weighted by Crippen LogP contribution is 2.44. The van der Waals surface area contributed by atoms with Crippen LogP contribution in [0.25, 0.3) is 10.8 Å². The molecule has 4 rings (SSSR count). The topological polar surface area (TPSA) is 182 Å². The molecule has 0 saturated carbocycles. The Labute approximate surface area is 304 Å². The van der Waals surface area contributed by atoms with Crippen molar-refractivity contribution >= 4 is 40.4 Å². The third-order valence-corrected chi connectivity index (χ3v) is 9.07. The molecule has 0 radical (unpaired) electrons. The minimum atomic E-state index is -1.000. The molecule has 278 valence electrons. The number of benzene rings is 3. The summed E-state index contributed by atoms with van der Waals surface area (Å²) in [5.74, 6) is -1.07. The number of hydrogen-bond donors (Lipinski definition) is 5. The Balaban J connectivity index is 1.70. The van der Waals surface area contributed by atoms with Crippen molar-refractivity contribution in [3.05, 3.63) is 89.5 Å². The van der Waals surface area contributed by atoms with Crippen LogP contribution >= 0.6 is 0 Å². The van der Waals surface area contributed by atoms with Crippen molar-refractivity contribution in [2.45, 2.75) is 65.0 Å². The molecule has 6 N–H and O–H groups in total. The van der Waals surface area contributed by atoms with E-state index in [1.54, 1.807) is 32.1 Å². The maximum atomic E-state index is 13.2. The second-order valence-corrected chi connectivity index (χ2v) is 13.1. The quantitative estimate of drug-likeness (QED) is 0.0790. The fourth-order valence-electron chi connectivity index (χ4n) is 6.26. The number of carbonyl (C=O) groups is 2. The van der Waals surface area contributed by atoms with Crippen LogP contribution in [0.5, 0.6) is 17.2 Å². The summed E-state index contributed by atoms with van der Waals surface area (Å²) in [6, 6.07) is 14.9. The van der Waals surface area contributed by atoms with E-state index in [0.29, 0.717) is 23.3 Å². The molecule has 1 heterocycles. The van der Waals surface area contributed by atoms with Crippen molar-refractivity contribution < 1.29 is 43.9 Å². The zero-order valence-electron chi connectivity index (χ0n) is 30.4. The molecular formula is C40H49N3O9. The molecule has 52 heavy (non-hydrogen) atoms. The number of allylic oxidation sites excluding steroid dienone is 2. The summed E-state index contributed by atoms with van der Waals surface area (Å²) in [6.07, 6.45) is 4.22. The molecule has 3 aromatic carbocycles. The highest BCUT2D eigenvalue weighted by molar-refractivity contribution is 6.05. The van der Waals surface area contributed by atoms with Gasteiger partial charge in [0, 0.05) is 43.6 Å². The van der Waals surface area contributed by atoms with Gasteiger partial charge in [0.25, 0.3) is 5.91 Å². The van der Waals surface area contributed by atoms with Crippen molar-refractivity contribution in [2.24, 2.45) is 22.6 Å². The SMILES string of the molecule is COC1C=C/C=C(\C)C(=O)Nc2cc(O)c(N=CCOc3ccc4ccccc4c3)c(c2O)CC(C)CC(OC)C(O)C(C)C=C(C)C1OC(N)=O. The van der Waals surface area contributed by atoms with Gasteiger partial charge in [0.05, 0.1) is 17.9 Å². The first-order valence-corrected chi connectivity index (χ1v) is 17.1. The van der Waals surface area contributed by atoms with Crippen LogP contribution in [0.1, 0.15) is 39.7 Å². The number of nitrogens with one attached hydrogen (secondary N) is 1. The number of methoxy groups -OCH3 is 2. The van der Waals surface area contributed by atoms with Gasteiger partial charge in [0.15, 0.2) is 6.10 Å². The molecular weight excluding hydrogens is 666 g/mol. The lowest BCUT2D eigenvalue weighted by molar-refractivity contribution is -0.112. The summed E-state index contributed by atoms with van der Waals surface area (Å²) in [5, 5.41) is 38.9. The Morgan fingerprint density at radius 1 is 1.06 bits per heavy atom. The van der Waals surface area contributed by atoms with Gasteiger partial charge in [-0.3, -0.25) is 9.79 Å². The van der Waals surface area contributed by atoms with Gasteiger partial charge in [0.2, 0.25) is 0 Å². The van der Waals surface area contributed by atoms with Gasteiger partial charge in [-0.2, -0.15) is 0 Å². The maximum absolute atomic E-state index is 13.2. The molecule has 6 unspecified atom stereocenters. The molecule has 12 nitrogen and oxygen atoms in total. The number of aliphatic hydroxyl groups excluding tert-OH is 1. The van der Waals surface area contributed by atoms with Crippen LogP contribution in [-0.2, 0) is 25.4 Å². The van der Waals surface area contributed by atoms with E-state index in [1.807, 2.05) is 56.3 Å². The molecule has 0 fully saturated rings. The minimum absolute atomic E-state index is 0.00725. The normalized spacial score (nSPS) is 24.6. The lowest BCUT2D eigenvalue weighted by Crippen LogP contribution is -2.37. The van der Waals surface area contributed by atoms with Gasteiger partial charge >= 0.3 is 6.09 Å². The molecule has 3 aromatic rings. The Morgan fingerprint density at radius 3 is 2.48 bits per heavy atom. The van der Waals surface area contributed by atoms with E-state index >= 15 is 0 Å². The number of ether oxygens (including phenoxy) is 4. The second kappa shape index (κ2) is 18.4. The highest BCUT2D eigenvalue weighted by Gasteiger charge is 2.30. The van der Waals surface area contributed by atoms with Gasteiger partial charge in [-0.05, 0) is 61.1 Å². The second-order valence-electron chi connectivity index (χ2n) is 13.1. The van der Waals surface area contributed by atoms with E-state index in [1.165, 1.54) is 32.6 Å². The van der Waals surface area contributed by atoms with Crippen molar-refractivity contribution in [3.63, 3.8) is 0 Å². The minimum Gasteiger partial charge on any atom is -0.506 e. The number of rotatable bonds is 7. The molecule has 2 bridgehead atoms. The average molecular weight is 716 g/mol. The maximum Gasteiger partial charge on any atom is 0.405 e. The number of phenolic OH excluding ortho intramolecular Hbond substituents is 2. The van der Waals surface area contributed by atoms with Crippen LogP contribution < -0.4 is 15.8 Å². The number of aliphatic hydroxyl groups is 1. The van der Waals surface area contributed by atoms with E-state index in [9.17, 15) is 24.9 Å². The number of aromatic hydroxyl groups is 2. The zero-order valence-corrected chi connectivity index (χ0v) is 30.4. The molecule has 2 amide bonds. The van der Waals surface area contributed by atoms with E-state index in [4.69, 9.17) is 24.7 Å². The smallest absolute Gasteiger partial charge is 0.405 e. The molecule has 0 aromatic heterocycles. The molecule has 0 aliphatic carbocycles. The van der Waals surface area contributed by atoms with Crippen molar-refractivity contribution in [1.82, 2.24) is 0 Å². The summed E-state index contributed by atoms with van der Waals surface area (Å²) in [5.41, 5.74) is 6.66. The number of nitrogens with two attached hydrogens (primary N) is 1. The average Bonchev–Trinajstić information content (AvgIpc) is 3.11. The number of hydrogen-bond acceptors (Lipinski definition) is 10. The number of aliphatic imine (C=N–C) groups is 1. The first-order chi connectivity index (χ1) is 24.8. The lowest BCUT2D eigenvalue weighted by atomic mass is 9.87. The number of anilines is 1. The van der Waals surface area contributed by atoms with Crippen molar-refractivity contribution in [2.75, 3.05) is 26.1 Å². The fourth-order valence-corrected chi connectivity index (χ4v) is 6.26. The monoisotopic (exact) mass is 715 g/mol. The standard InChI is InChI=1S/C40H49N3O9/c1-23-18-30-35(42-16-17-51-29-15-14-27-11-7-8-12-28(27)21-29)32(44)22-31(37(30)46)43-39(47)24(2)10-9-13-33(49-5)38(52-40(41)48)26(4)20-25(3)36(45)34(19-23)50-6/h7-16,20-23,25,33-34,36,38,44-46H,17-19H2,1-6H3,(H2,41,48)(H,43,47)/b13-9?,24-10+,26-20?,42-16?. The Morgan fingerprint density at radius 2 is 1.79 bits per heavy atom. The molecule has 0 spiro atoms. The molecule has 1 aliphatic heterocycles. The predicted octanol–water partition coefficient (Wildman–Crippen LogP) is 6.49.